The zero-order valence-electron chi connectivity index (χ0n) is 7.43. The van der Waals surface area contributed by atoms with E-state index in [2.05, 4.69) is 6.92 Å². The summed E-state index contributed by atoms with van der Waals surface area (Å²) in [4.78, 5) is 0. The van der Waals surface area contributed by atoms with Gasteiger partial charge in [0.05, 0.1) is 0 Å². The molecular formula is C9H20O. The van der Waals surface area contributed by atoms with Gasteiger partial charge in [-0.3, -0.25) is 0 Å². The smallest absolute Gasteiger partial charge is 0.0459 e. The Morgan fingerprint density at radius 3 is 2.10 bits per heavy atom. The van der Waals surface area contributed by atoms with Crippen LogP contribution in [0.15, 0.2) is 0 Å². The van der Waals surface area contributed by atoms with Gasteiger partial charge in [0.2, 0.25) is 0 Å². The van der Waals surface area contributed by atoms with Crippen molar-refractivity contribution in [3.63, 3.8) is 0 Å². The van der Waals surface area contributed by atoms with Gasteiger partial charge >= 0.3 is 0 Å². The van der Waals surface area contributed by atoms with E-state index in [4.69, 9.17) is 5.11 Å². The van der Waals surface area contributed by atoms with Crippen molar-refractivity contribution < 1.29 is 5.11 Å². The highest BCUT2D eigenvalue weighted by Gasteiger charge is 2.19. The summed E-state index contributed by atoms with van der Waals surface area (Å²) in [7, 11) is 0. The van der Waals surface area contributed by atoms with E-state index in [-0.39, 0.29) is 0 Å². The highest BCUT2D eigenvalue weighted by molar-refractivity contribution is 4.71. The third kappa shape index (κ3) is 3.21. The summed E-state index contributed by atoms with van der Waals surface area (Å²) in [5.41, 5.74) is 0. The van der Waals surface area contributed by atoms with Gasteiger partial charge in [-0.1, -0.05) is 27.2 Å². The molecule has 1 rings (SSSR count). The van der Waals surface area contributed by atoms with Crippen LogP contribution in [0, 0.1) is 11.8 Å². The van der Waals surface area contributed by atoms with Crippen LogP contribution >= 0.6 is 0 Å². The SMILES string of the molecule is CC.CC1CC[C@@H](CO)C1. The predicted molar refractivity (Wildman–Crippen MR) is 44.9 cm³/mol. The summed E-state index contributed by atoms with van der Waals surface area (Å²) >= 11 is 0. The molecule has 1 saturated carbocycles. The van der Waals surface area contributed by atoms with Crippen LogP contribution in [0.25, 0.3) is 0 Å². The van der Waals surface area contributed by atoms with Crippen molar-refractivity contribution in [3.8, 4) is 0 Å². The van der Waals surface area contributed by atoms with E-state index in [0.29, 0.717) is 12.5 Å². The molecule has 1 unspecified atom stereocenters. The van der Waals surface area contributed by atoms with Gasteiger partial charge in [0.25, 0.3) is 0 Å². The van der Waals surface area contributed by atoms with Crippen LogP contribution in [-0.4, -0.2) is 11.7 Å². The average Bonchev–Trinajstić information content (AvgIpc) is 2.40. The van der Waals surface area contributed by atoms with Crippen molar-refractivity contribution in [1.82, 2.24) is 0 Å². The van der Waals surface area contributed by atoms with Crippen LogP contribution < -0.4 is 0 Å². The fourth-order valence-electron chi connectivity index (χ4n) is 1.49. The molecule has 0 bridgehead atoms. The Kier molecular flexibility index (Phi) is 5.70. The molecular weight excluding hydrogens is 124 g/mol. The molecule has 0 saturated heterocycles. The van der Waals surface area contributed by atoms with Gasteiger partial charge in [-0.2, -0.15) is 0 Å². The third-order valence-corrected chi connectivity index (χ3v) is 2.06. The molecule has 1 heteroatoms. The lowest BCUT2D eigenvalue weighted by Gasteiger charge is -2.01. The lowest BCUT2D eigenvalue weighted by molar-refractivity contribution is 0.227. The van der Waals surface area contributed by atoms with E-state index in [1.807, 2.05) is 13.8 Å². The second kappa shape index (κ2) is 5.72. The Balaban J connectivity index is 0.000000371. The molecule has 0 radical (unpaired) electrons. The minimum absolute atomic E-state index is 0.407. The standard InChI is InChI=1S/C7H14O.C2H6/c1-6-2-3-7(4-6)5-8;1-2/h6-8H,2-5H2,1H3;1-2H3/t6?,7-;/m1./s1. The molecule has 10 heavy (non-hydrogen) atoms. The van der Waals surface area contributed by atoms with Gasteiger partial charge in [0.15, 0.2) is 0 Å². The Hall–Kier alpha value is -0.0400. The summed E-state index contributed by atoms with van der Waals surface area (Å²) < 4.78 is 0. The molecule has 1 N–H and O–H groups in total. The highest BCUT2D eigenvalue weighted by atomic mass is 16.3. The molecule has 2 atom stereocenters. The van der Waals surface area contributed by atoms with Crippen molar-refractivity contribution in [2.24, 2.45) is 11.8 Å². The summed E-state index contributed by atoms with van der Waals surface area (Å²) in [6.07, 6.45) is 3.82. The first kappa shape index (κ1) is 9.96. The van der Waals surface area contributed by atoms with Crippen molar-refractivity contribution in [2.45, 2.75) is 40.0 Å². The van der Waals surface area contributed by atoms with Crippen LogP contribution in [0.1, 0.15) is 40.0 Å². The van der Waals surface area contributed by atoms with Gasteiger partial charge in [-0.15, -0.1) is 0 Å². The number of hydrogen-bond donors (Lipinski definition) is 1. The minimum Gasteiger partial charge on any atom is -0.396 e. The van der Waals surface area contributed by atoms with E-state index in [1.165, 1.54) is 19.3 Å². The molecule has 0 aromatic carbocycles. The molecule has 0 spiro atoms. The van der Waals surface area contributed by atoms with Gasteiger partial charge in [0, 0.05) is 6.61 Å². The average molecular weight is 144 g/mol. The monoisotopic (exact) mass is 144 g/mol. The summed E-state index contributed by atoms with van der Waals surface area (Å²) in [6.45, 7) is 6.67. The molecule has 0 aromatic rings. The summed E-state index contributed by atoms with van der Waals surface area (Å²) in [5, 5.41) is 8.68. The fraction of sp³-hybridized carbons (Fsp3) is 1.00. The lowest BCUT2D eigenvalue weighted by Crippen LogP contribution is -1.99. The largest absolute Gasteiger partial charge is 0.396 e. The van der Waals surface area contributed by atoms with Crippen LogP contribution in [0.3, 0.4) is 0 Å². The summed E-state index contributed by atoms with van der Waals surface area (Å²) in [6, 6.07) is 0. The van der Waals surface area contributed by atoms with E-state index < -0.39 is 0 Å². The molecule has 1 aliphatic carbocycles. The van der Waals surface area contributed by atoms with Gasteiger partial charge in [0.1, 0.15) is 0 Å². The van der Waals surface area contributed by atoms with E-state index in [9.17, 15) is 0 Å². The van der Waals surface area contributed by atoms with Crippen molar-refractivity contribution in [3.05, 3.63) is 0 Å². The molecule has 0 amide bonds. The fourth-order valence-corrected chi connectivity index (χ4v) is 1.49. The van der Waals surface area contributed by atoms with Crippen molar-refractivity contribution in [2.75, 3.05) is 6.61 Å². The zero-order valence-corrected chi connectivity index (χ0v) is 7.43. The van der Waals surface area contributed by atoms with Gasteiger partial charge < -0.3 is 5.11 Å². The van der Waals surface area contributed by atoms with Crippen LogP contribution in [0.5, 0.6) is 0 Å². The topological polar surface area (TPSA) is 20.2 Å². The molecule has 1 fully saturated rings. The first-order valence-electron chi connectivity index (χ1n) is 4.43. The Bertz CT molecular complexity index is 71.1. The summed E-state index contributed by atoms with van der Waals surface area (Å²) in [5.74, 6) is 1.50. The first-order valence-corrected chi connectivity index (χ1v) is 4.43. The molecule has 1 nitrogen and oxygen atoms in total. The second-order valence-electron chi connectivity index (χ2n) is 2.97. The van der Waals surface area contributed by atoms with Gasteiger partial charge in [-0.25, -0.2) is 0 Å². The van der Waals surface area contributed by atoms with Crippen molar-refractivity contribution in [1.29, 1.82) is 0 Å². The maximum absolute atomic E-state index is 8.68. The van der Waals surface area contributed by atoms with Crippen LogP contribution in [-0.2, 0) is 0 Å². The Morgan fingerprint density at radius 2 is 1.90 bits per heavy atom. The molecule has 0 aliphatic heterocycles. The Morgan fingerprint density at radius 1 is 1.30 bits per heavy atom. The zero-order chi connectivity index (χ0) is 7.98. The predicted octanol–water partition coefficient (Wildman–Crippen LogP) is 2.44. The number of hydrogen-bond acceptors (Lipinski definition) is 1. The van der Waals surface area contributed by atoms with Crippen molar-refractivity contribution >= 4 is 0 Å². The third-order valence-electron chi connectivity index (χ3n) is 2.06. The van der Waals surface area contributed by atoms with Gasteiger partial charge in [-0.05, 0) is 24.7 Å². The second-order valence-corrected chi connectivity index (χ2v) is 2.97. The van der Waals surface area contributed by atoms with E-state index >= 15 is 0 Å². The van der Waals surface area contributed by atoms with E-state index in [1.54, 1.807) is 0 Å². The molecule has 62 valence electrons. The number of aliphatic hydroxyl groups excluding tert-OH is 1. The normalized spacial score (nSPS) is 31.2. The number of aliphatic hydroxyl groups is 1. The van der Waals surface area contributed by atoms with Crippen LogP contribution in [0.4, 0.5) is 0 Å². The molecule has 1 aliphatic rings. The molecule has 0 heterocycles. The maximum atomic E-state index is 8.68. The van der Waals surface area contributed by atoms with E-state index in [0.717, 1.165) is 5.92 Å². The molecule has 0 aromatic heterocycles. The maximum Gasteiger partial charge on any atom is 0.0459 e. The van der Waals surface area contributed by atoms with Crippen LogP contribution in [0.2, 0.25) is 0 Å². The Labute approximate surface area is 64.5 Å². The number of rotatable bonds is 1. The first-order chi connectivity index (χ1) is 4.83. The quantitative estimate of drug-likeness (QED) is 0.599. The minimum atomic E-state index is 0.407. The lowest BCUT2D eigenvalue weighted by atomic mass is 10.1. The highest BCUT2D eigenvalue weighted by Crippen LogP contribution is 2.29.